The van der Waals surface area contributed by atoms with Gasteiger partial charge >= 0.3 is 0 Å². The molecule has 0 spiro atoms. The van der Waals surface area contributed by atoms with Crippen LogP contribution in [0.5, 0.6) is 5.75 Å². The van der Waals surface area contributed by atoms with Crippen molar-refractivity contribution >= 4 is 23.5 Å². The summed E-state index contributed by atoms with van der Waals surface area (Å²) in [4.78, 5) is 12.2. The first-order chi connectivity index (χ1) is 10.1. The number of phenolic OH excluding ortho intramolecular Hbond substituents is 1. The number of hydrogen-bond acceptors (Lipinski definition) is 2. The average molecular weight is 301 g/mol. The Bertz CT molecular complexity index is 657. The van der Waals surface area contributed by atoms with Crippen LogP contribution in [-0.2, 0) is 6.42 Å². The molecule has 0 aliphatic heterocycles. The third-order valence-corrected chi connectivity index (χ3v) is 3.42. The molecule has 1 N–H and O–H groups in total. The summed E-state index contributed by atoms with van der Waals surface area (Å²) >= 11 is 5.68. The standard InChI is InChI=1S/C18H17ClO2/c1-13-2-4-14(5-3-13)6-8-17(20)15-7-9-18(21)16(12-15)10-11-19/h2-9,12,21H,10-11H2,1H3. The van der Waals surface area contributed by atoms with Crippen LogP contribution in [0.1, 0.15) is 27.0 Å². The molecule has 2 aromatic carbocycles. The van der Waals surface area contributed by atoms with E-state index >= 15 is 0 Å². The SMILES string of the molecule is Cc1ccc(C=CC(=O)c2ccc(O)c(CCCl)c2)cc1. The van der Waals surface area contributed by atoms with Crippen molar-refractivity contribution in [2.45, 2.75) is 13.3 Å². The van der Waals surface area contributed by atoms with Crippen LogP contribution in [0.2, 0.25) is 0 Å². The summed E-state index contributed by atoms with van der Waals surface area (Å²) in [5, 5.41) is 9.69. The summed E-state index contributed by atoms with van der Waals surface area (Å²) < 4.78 is 0. The van der Waals surface area contributed by atoms with Gasteiger partial charge in [-0.3, -0.25) is 4.79 Å². The van der Waals surface area contributed by atoms with Gasteiger partial charge in [0.15, 0.2) is 5.78 Å². The predicted molar refractivity (Wildman–Crippen MR) is 87.1 cm³/mol. The molecule has 0 aliphatic carbocycles. The van der Waals surface area contributed by atoms with Crippen LogP contribution in [-0.4, -0.2) is 16.8 Å². The maximum Gasteiger partial charge on any atom is 0.185 e. The van der Waals surface area contributed by atoms with Crippen molar-refractivity contribution in [3.05, 3.63) is 70.8 Å². The highest BCUT2D eigenvalue weighted by Gasteiger charge is 2.06. The molecule has 0 amide bonds. The largest absolute Gasteiger partial charge is 0.508 e. The van der Waals surface area contributed by atoms with E-state index in [-0.39, 0.29) is 11.5 Å². The van der Waals surface area contributed by atoms with Crippen LogP contribution < -0.4 is 0 Å². The summed E-state index contributed by atoms with van der Waals surface area (Å²) in [5.74, 6) is 0.492. The Morgan fingerprint density at radius 1 is 1.19 bits per heavy atom. The highest BCUT2D eigenvalue weighted by molar-refractivity contribution is 6.18. The van der Waals surface area contributed by atoms with Crippen molar-refractivity contribution in [2.75, 3.05) is 5.88 Å². The van der Waals surface area contributed by atoms with Crippen LogP contribution in [0.15, 0.2) is 48.5 Å². The number of aryl methyl sites for hydroxylation is 2. The number of aromatic hydroxyl groups is 1. The maximum atomic E-state index is 12.2. The molecule has 2 aromatic rings. The molecule has 0 radical (unpaired) electrons. The molecule has 0 saturated carbocycles. The number of allylic oxidation sites excluding steroid dienone is 1. The Morgan fingerprint density at radius 3 is 2.57 bits per heavy atom. The minimum atomic E-state index is -0.0913. The molecule has 0 saturated heterocycles. The van der Waals surface area contributed by atoms with Crippen molar-refractivity contribution in [1.29, 1.82) is 0 Å². The molecular weight excluding hydrogens is 284 g/mol. The van der Waals surface area contributed by atoms with Gasteiger partial charge in [0.1, 0.15) is 5.75 Å². The number of rotatable bonds is 5. The van der Waals surface area contributed by atoms with Crippen LogP contribution in [0.4, 0.5) is 0 Å². The zero-order valence-corrected chi connectivity index (χ0v) is 12.6. The number of carbonyl (C=O) groups is 1. The number of benzene rings is 2. The fraction of sp³-hybridized carbons (Fsp3) is 0.167. The topological polar surface area (TPSA) is 37.3 Å². The monoisotopic (exact) mass is 300 g/mol. The minimum Gasteiger partial charge on any atom is -0.508 e. The van der Waals surface area contributed by atoms with Gasteiger partial charge < -0.3 is 5.11 Å². The Balaban J connectivity index is 2.16. The fourth-order valence-corrected chi connectivity index (χ4v) is 2.19. The fourth-order valence-electron chi connectivity index (χ4n) is 1.99. The van der Waals surface area contributed by atoms with Crippen LogP contribution in [0.3, 0.4) is 0 Å². The van der Waals surface area contributed by atoms with Gasteiger partial charge in [-0.2, -0.15) is 0 Å². The van der Waals surface area contributed by atoms with Gasteiger partial charge in [-0.05, 0) is 48.7 Å². The molecular formula is C18H17ClO2. The van der Waals surface area contributed by atoms with E-state index in [4.69, 9.17) is 11.6 Å². The van der Waals surface area contributed by atoms with E-state index in [1.54, 1.807) is 24.3 Å². The summed E-state index contributed by atoms with van der Waals surface area (Å²) in [6, 6.07) is 12.8. The first-order valence-corrected chi connectivity index (χ1v) is 7.30. The Morgan fingerprint density at radius 2 is 1.90 bits per heavy atom. The van der Waals surface area contributed by atoms with Gasteiger partial charge in [-0.25, -0.2) is 0 Å². The first kappa shape index (κ1) is 15.3. The van der Waals surface area contributed by atoms with E-state index in [9.17, 15) is 9.90 Å². The summed E-state index contributed by atoms with van der Waals surface area (Å²) in [7, 11) is 0. The molecule has 21 heavy (non-hydrogen) atoms. The number of alkyl halides is 1. The second-order valence-electron chi connectivity index (χ2n) is 4.89. The molecule has 0 unspecified atom stereocenters. The lowest BCUT2D eigenvalue weighted by Gasteiger charge is -2.04. The van der Waals surface area contributed by atoms with Gasteiger partial charge in [0, 0.05) is 11.4 Å². The van der Waals surface area contributed by atoms with Gasteiger partial charge in [0.2, 0.25) is 0 Å². The lowest BCUT2D eigenvalue weighted by atomic mass is 10.0. The molecule has 0 aliphatic rings. The Hall–Kier alpha value is -2.06. The average Bonchev–Trinajstić information content (AvgIpc) is 2.49. The molecule has 0 heterocycles. The lowest BCUT2D eigenvalue weighted by Crippen LogP contribution is -1.97. The van der Waals surface area contributed by atoms with Crippen LogP contribution in [0.25, 0.3) is 6.08 Å². The minimum absolute atomic E-state index is 0.0913. The van der Waals surface area contributed by atoms with Crippen molar-refractivity contribution in [1.82, 2.24) is 0 Å². The Kier molecular flexibility index (Phi) is 5.18. The summed E-state index contributed by atoms with van der Waals surface area (Å²) in [5.41, 5.74) is 3.41. The molecule has 108 valence electrons. The second kappa shape index (κ2) is 7.09. The molecule has 2 rings (SSSR count). The number of carbonyl (C=O) groups excluding carboxylic acids is 1. The van der Waals surface area contributed by atoms with Crippen molar-refractivity contribution in [3.8, 4) is 5.75 Å². The molecule has 0 fully saturated rings. The highest BCUT2D eigenvalue weighted by atomic mass is 35.5. The Labute approximate surface area is 129 Å². The predicted octanol–water partition coefficient (Wildman–Crippen LogP) is 4.38. The highest BCUT2D eigenvalue weighted by Crippen LogP contribution is 2.20. The van der Waals surface area contributed by atoms with Crippen LogP contribution >= 0.6 is 11.6 Å². The van der Waals surface area contributed by atoms with Gasteiger partial charge in [0.25, 0.3) is 0 Å². The van der Waals surface area contributed by atoms with E-state index in [0.29, 0.717) is 23.4 Å². The molecule has 2 nitrogen and oxygen atoms in total. The van der Waals surface area contributed by atoms with Crippen molar-refractivity contribution in [3.63, 3.8) is 0 Å². The summed E-state index contributed by atoms with van der Waals surface area (Å²) in [6.07, 6.45) is 3.87. The first-order valence-electron chi connectivity index (χ1n) is 6.77. The van der Waals surface area contributed by atoms with Gasteiger partial charge in [-0.15, -0.1) is 11.6 Å². The van der Waals surface area contributed by atoms with E-state index in [1.165, 1.54) is 11.6 Å². The van der Waals surface area contributed by atoms with Crippen molar-refractivity contribution < 1.29 is 9.90 Å². The normalized spacial score (nSPS) is 11.0. The molecule has 0 bridgehead atoms. The zero-order valence-electron chi connectivity index (χ0n) is 11.8. The van der Waals surface area contributed by atoms with Crippen molar-refractivity contribution in [2.24, 2.45) is 0 Å². The summed E-state index contributed by atoms with van der Waals surface area (Å²) in [6.45, 7) is 2.02. The van der Waals surface area contributed by atoms with Gasteiger partial charge in [0.05, 0.1) is 0 Å². The third kappa shape index (κ3) is 4.20. The van der Waals surface area contributed by atoms with E-state index in [1.807, 2.05) is 31.2 Å². The number of hydrogen-bond donors (Lipinski definition) is 1. The zero-order chi connectivity index (χ0) is 15.2. The van der Waals surface area contributed by atoms with Gasteiger partial charge in [-0.1, -0.05) is 35.9 Å². The van der Waals surface area contributed by atoms with Crippen LogP contribution in [0, 0.1) is 6.92 Å². The maximum absolute atomic E-state index is 12.2. The second-order valence-corrected chi connectivity index (χ2v) is 5.27. The number of phenols is 1. The quantitative estimate of drug-likeness (QED) is 0.505. The molecule has 3 heteroatoms. The smallest absolute Gasteiger partial charge is 0.185 e. The van der Waals surface area contributed by atoms with E-state index < -0.39 is 0 Å². The third-order valence-electron chi connectivity index (χ3n) is 3.23. The van der Waals surface area contributed by atoms with E-state index in [0.717, 1.165) is 5.56 Å². The number of halogens is 1. The lowest BCUT2D eigenvalue weighted by molar-refractivity contribution is 0.104. The van der Waals surface area contributed by atoms with E-state index in [2.05, 4.69) is 0 Å². The molecule has 0 aromatic heterocycles. The number of ketones is 1. The molecule has 0 atom stereocenters.